The summed E-state index contributed by atoms with van der Waals surface area (Å²) in [7, 11) is 0. The van der Waals surface area contributed by atoms with Crippen LogP contribution in [0.1, 0.15) is 38.3 Å². The van der Waals surface area contributed by atoms with Gasteiger partial charge in [0, 0.05) is 6.04 Å². The molecule has 0 aliphatic carbocycles. The first-order valence-corrected chi connectivity index (χ1v) is 6.38. The van der Waals surface area contributed by atoms with Crippen molar-refractivity contribution >= 4 is 5.97 Å². The number of unbranched alkanes of at least 4 members (excludes halogenated alkanes) is 1. The lowest BCUT2D eigenvalue weighted by molar-refractivity contribution is -0.146. The molecule has 1 rings (SSSR count). The summed E-state index contributed by atoms with van der Waals surface area (Å²) in [5.41, 5.74) is 6.32. The van der Waals surface area contributed by atoms with E-state index in [0.29, 0.717) is 12.2 Å². The number of nitrogens with two attached hydrogens (primary N) is 1. The Morgan fingerprint density at radius 3 is 2.79 bits per heavy atom. The molecule has 0 spiro atoms. The first kappa shape index (κ1) is 15.4. The van der Waals surface area contributed by atoms with Gasteiger partial charge >= 0.3 is 5.97 Å². The van der Waals surface area contributed by atoms with Crippen molar-refractivity contribution in [2.75, 3.05) is 13.2 Å². The van der Waals surface area contributed by atoms with Crippen molar-refractivity contribution in [1.82, 2.24) is 0 Å². The highest BCUT2D eigenvalue weighted by Crippen LogP contribution is 2.21. The average Bonchev–Trinajstić information content (AvgIpc) is 2.37. The summed E-state index contributed by atoms with van der Waals surface area (Å²) in [6.07, 6.45) is 1.75. The summed E-state index contributed by atoms with van der Waals surface area (Å²) in [5, 5.41) is 0. The molecule has 0 saturated carbocycles. The van der Waals surface area contributed by atoms with Crippen LogP contribution in [0, 0.1) is 5.82 Å². The van der Waals surface area contributed by atoms with Crippen molar-refractivity contribution in [3.05, 3.63) is 29.6 Å². The summed E-state index contributed by atoms with van der Waals surface area (Å²) in [6.45, 7) is 3.84. The van der Waals surface area contributed by atoms with Gasteiger partial charge in [-0.2, -0.15) is 0 Å². The van der Waals surface area contributed by atoms with Crippen LogP contribution in [0.2, 0.25) is 0 Å². The number of carbonyl (C=O) groups excluding carboxylic acids is 1. The molecule has 0 aliphatic heterocycles. The molecule has 106 valence electrons. The van der Waals surface area contributed by atoms with Crippen molar-refractivity contribution in [2.45, 2.75) is 32.7 Å². The molecule has 4 nitrogen and oxygen atoms in total. The minimum atomic E-state index is -0.531. The predicted molar refractivity (Wildman–Crippen MR) is 70.4 cm³/mol. The smallest absolute Gasteiger partial charge is 0.344 e. The zero-order chi connectivity index (χ0) is 14.3. The van der Waals surface area contributed by atoms with E-state index in [0.717, 1.165) is 12.8 Å². The normalized spacial score (nSPS) is 12.0. The van der Waals surface area contributed by atoms with Crippen molar-refractivity contribution in [1.29, 1.82) is 0 Å². The molecule has 1 aromatic rings. The van der Waals surface area contributed by atoms with Crippen LogP contribution in [-0.4, -0.2) is 19.2 Å². The number of rotatable bonds is 7. The fourth-order valence-electron chi connectivity index (χ4n) is 1.43. The van der Waals surface area contributed by atoms with Gasteiger partial charge < -0.3 is 15.2 Å². The zero-order valence-electron chi connectivity index (χ0n) is 11.3. The van der Waals surface area contributed by atoms with Gasteiger partial charge in [-0.15, -0.1) is 0 Å². The third-order valence-corrected chi connectivity index (χ3v) is 2.59. The SMILES string of the molecule is CCCCOC(=O)COc1ccc(C(C)N)cc1F. The van der Waals surface area contributed by atoms with Crippen LogP contribution in [0.25, 0.3) is 0 Å². The predicted octanol–water partition coefficient (Wildman–Crippen LogP) is 2.57. The molecule has 5 heteroatoms. The lowest BCUT2D eigenvalue weighted by Gasteiger charge is -2.10. The molecule has 0 amide bonds. The van der Waals surface area contributed by atoms with Crippen molar-refractivity contribution < 1.29 is 18.7 Å². The van der Waals surface area contributed by atoms with E-state index in [1.807, 2.05) is 6.92 Å². The first-order chi connectivity index (χ1) is 9.04. The van der Waals surface area contributed by atoms with Gasteiger partial charge in [-0.25, -0.2) is 9.18 Å². The maximum atomic E-state index is 13.6. The van der Waals surface area contributed by atoms with Gasteiger partial charge in [-0.05, 0) is 31.0 Å². The minimum absolute atomic E-state index is 0.0249. The standard InChI is InChI=1S/C14H20FNO3/c1-3-4-7-18-14(17)9-19-13-6-5-11(10(2)16)8-12(13)15/h5-6,8,10H,3-4,7,9,16H2,1-2H3. The highest BCUT2D eigenvalue weighted by molar-refractivity contribution is 5.71. The van der Waals surface area contributed by atoms with Gasteiger partial charge in [0.05, 0.1) is 6.61 Å². The molecule has 0 fully saturated rings. The van der Waals surface area contributed by atoms with Gasteiger partial charge in [-0.1, -0.05) is 19.4 Å². The summed E-state index contributed by atoms with van der Waals surface area (Å²) in [5.74, 6) is -1.00. The molecule has 0 heterocycles. The van der Waals surface area contributed by atoms with Crippen molar-refractivity contribution in [2.24, 2.45) is 5.73 Å². The molecular formula is C14H20FNO3. The molecule has 2 N–H and O–H groups in total. The third kappa shape index (κ3) is 5.26. The van der Waals surface area contributed by atoms with E-state index >= 15 is 0 Å². The average molecular weight is 269 g/mol. The van der Waals surface area contributed by atoms with Crippen LogP contribution in [0.15, 0.2) is 18.2 Å². The number of hydrogen-bond acceptors (Lipinski definition) is 4. The van der Waals surface area contributed by atoms with Crippen LogP contribution >= 0.6 is 0 Å². The van der Waals surface area contributed by atoms with Gasteiger partial charge in [0.1, 0.15) is 0 Å². The van der Waals surface area contributed by atoms with E-state index in [-0.39, 0.29) is 18.4 Å². The number of halogens is 1. The maximum absolute atomic E-state index is 13.6. The third-order valence-electron chi connectivity index (χ3n) is 2.59. The second-order valence-electron chi connectivity index (χ2n) is 4.34. The topological polar surface area (TPSA) is 61.5 Å². The lowest BCUT2D eigenvalue weighted by Crippen LogP contribution is -2.16. The Balaban J connectivity index is 2.47. The molecule has 0 aliphatic rings. The van der Waals surface area contributed by atoms with Crippen molar-refractivity contribution in [3.8, 4) is 5.75 Å². The summed E-state index contributed by atoms with van der Waals surface area (Å²) >= 11 is 0. The molecule has 0 bridgehead atoms. The quantitative estimate of drug-likeness (QED) is 0.610. The Bertz CT molecular complexity index is 421. The molecule has 0 saturated heterocycles. The number of hydrogen-bond donors (Lipinski definition) is 1. The maximum Gasteiger partial charge on any atom is 0.344 e. The van der Waals surface area contributed by atoms with E-state index in [2.05, 4.69) is 0 Å². The zero-order valence-corrected chi connectivity index (χ0v) is 11.3. The summed E-state index contributed by atoms with van der Waals surface area (Å²) in [4.78, 5) is 11.3. The second-order valence-corrected chi connectivity index (χ2v) is 4.34. The first-order valence-electron chi connectivity index (χ1n) is 6.38. The van der Waals surface area contributed by atoms with E-state index in [9.17, 15) is 9.18 Å². The van der Waals surface area contributed by atoms with E-state index < -0.39 is 11.8 Å². The van der Waals surface area contributed by atoms with Gasteiger partial charge in [0.15, 0.2) is 18.2 Å². The Morgan fingerprint density at radius 1 is 1.47 bits per heavy atom. The van der Waals surface area contributed by atoms with Gasteiger partial charge in [0.25, 0.3) is 0 Å². The van der Waals surface area contributed by atoms with Crippen LogP contribution in [0.5, 0.6) is 5.75 Å². The molecule has 1 aromatic carbocycles. The molecule has 19 heavy (non-hydrogen) atoms. The van der Waals surface area contributed by atoms with E-state index in [4.69, 9.17) is 15.2 Å². The number of carbonyl (C=O) groups is 1. The fraction of sp³-hybridized carbons (Fsp3) is 0.500. The minimum Gasteiger partial charge on any atom is -0.479 e. The van der Waals surface area contributed by atoms with Crippen LogP contribution in [-0.2, 0) is 9.53 Å². The fourth-order valence-corrected chi connectivity index (χ4v) is 1.43. The number of ether oxygens (including phenoxy) is 2. The highest BCUT2D eigenvalue weighted by Gasteiger charge is 2.10. The Morgan fingerprint density at radius 2 is 2.21 bits per heavy atom. The van der Waals surface area contributed by atoms with E-state index in [1.54, 1.807) is 13.0 Å². The van der Waals surface area contributed by atoms with Crippen molar-refractivity contribution in [3.63, 3.8) is 0 Å². The lowest BCUT2D eigenvalue weighted by atomic mass is 10.1. The Hall–Kier alpha value is -1.62. The highest BCUT2D eigenvalue weighted by atomic mass is 19.1. The van der Waals surface area contributed by atoms with Gasteiger partial charge in [0.2, 0.25) is 0 Å². The number of esters is 1. The summed E-state index contributed by atoms with van der Waals surface area (Å²) < 4.78 is 23.6. The van der Waals surface area contributed by atoms with Crippen LogP contribution in [0.3, 0.4) is 0 Å². The Kier molecular flexibility index (Phi) is 6.29. The summed E-state index contributed by atoms with van der Waals surface area (Å²) in [6, 6.07) is 4.20. The largest absolute Gasteiger partial charge is 0.479 e. The van der Waals surface area contributed by atoms with Crippen LogP contribution in [0.4, 0.5) is 4.39 Å². The van der Waals surface area contributed by atoms with E-state index in [1.165, 1.54) is 12.1 Å². The van der Waals surface area contributed by atoms with Gasteiger partial charge in [-0.3, -0.25) is 0 Å². The monoisotopic (exact) mass is 269 g/mol. The molecule has 0 aromatic heterocycles. The molecule has 1 atom stereocenters. The molecule has 0 radical (unpaired) electrons. The second kappa shape index (κ2) is 7.74. The molecule has 1 unspecified atom stereocenters. The Labute approximate surface area is 112 Å². The number of benzene rings is 1. The van der Waals surface area contributed by atoms with Crippen LogP contribution < -0.4 is 10.5 Å². The molecular weight excluding hydrogens is 249 g/mol.